The van der Waals surface area contributed by atoms with Gasteiger partial charge >= 0.3 is 5.97 Å². The number of fused-ring (bicyclic) bond motifs is 1. The van der Waals surface area contributed by atoms with Crippen LogP contribution in [0.3, 0.4) is 0 Å². The van der Waals surface area contributed by atoms with Crippen molar-refractivity contribution in [3.8, 4) is 11.5 Å². The number of ether oxygens (including phenoxy) is 2. The monoisotopic (exact) mass is 251 g/mol. The number of aliphatic carboxylic acids is 1. The van der Waals surface area contributed by atoms with Crippen molar-refractivity contribution >= 4 is 5.97 Å². The van der Waals surface area contributed by atoms with Crippen molar-refractivity contribution in [2.75, 3.05) is 6.79 Å². The predicted molar refractivity (Wildman–Crippen MR) is 65.5 cm³/mol. The lowest BCUT2D eigenvalue weighted by Gasteiger charge is -2.23. The molecule has 0 aliphatic carbocycles. The average molecular weight is 251 g/mol. The van der Waals surface area contributed by atoms with Gasteiger partial charge in [0.05, 0.1) is 5.41 Å². The van der Waals surface area contributed by atoms with Crippen LogP contribution in [0.5, 0.6) is 11.5 Å². The zero-order chi connectivity index (χ0) is 13.3. The summed E-state index contributed by atoms with van der Waals surface area (Å²) in [5.41, 5.74) is 6.06. The molecule has 98 valence electrons. The molecule has 1 unspecified atom stereocenters. The molecule has 1 aromatic carbocycles. The van der Waals surface area contributed by atoms with Crippen LogP contribution in [-0.4, -0.2) is 17.9 Å². The van der Waals surface area contributed by atoms with Gasteiger partial charge in [0.15, 0.2) is 11.5 Å². The molecule has 5 heteroatoms. The van der Waals surface area contributed by atoms with E-state index in [1.165, 1.54) is 0 Å². The maximum atomic E-state index is 11.1. The number of carbonyl (C=O) groups is 1. The minimum absolute atomic E-state index is 0.217. The van der Waals surface area contributed by atoms with Gasteiger partial charge in [0.1, 0.15) is 0 Å². The molecule has 0 radical (unpaired) electrons. The number of hydrogen-bond acceptors (Lipinski definition) is 4. The number of rotatable bonds is 4. The third-order valence-electron chi connectivity index (χ3n) is 3.13. The quantitative estimate of drug-likeness (QED) is 0.854. The molecule has 1 aromatic rings. The molecule has 0 saturated heterocycles. The van der Waals surface area contributed by atoms with Crippen LogP contribution in [0.2, 0.25) is 0 Å². The number of nitrogens with two attached hydrogens (primary N) is 1. The predicted octanol–water partition coefficient (Wildman–Crippen LogP) is 1.92. The molecule has 0 saturated carbocycles. The molecule has 3 N–H and O–H groups in total. The lowest BCUT2D eigenvalue weighted by molar-refractivity contribution is -0.147. The number of carboxylic acid groups (broad SMARTS) is 1. The molecule has 1 heterocycles. The Labute approximate surface area is 106 Å². The molecular weight excluding hydrogens is 234 g/mol. The summed E-state index contributed by atoms with van der Waals surface area (Å²) in [6, 6.07) is 5.11. The fraction of sp³-hybridized carbons (Fsp3) is 0.462. The normalized spacial score (nSPS) is 15.5. The zero-order valence-electron chi connectivity index (χ0n) is 10.5. The van der Waals surface area contributed by atoms with E-state index in [2.05, 4.69) is 0 Å². The summed E-state index contributed by atoms with van der Waals surface area (Å²) < 4.78 is 10.5. The minimum atomic E-state index is -0.851. The number of benzene rings is 1. The summed E-state index contributed by atoms with van der Waals surface area (Å²) in [6.45, 7) is 3.55. The SMILES string of the molecule is CC(C)(CC(N)c1ccc2c(c1)OCO2)C(=O)O. The highest BCUT2D eigenvalue weighted by molar-refractivity contribution is 5.73. The van der Waals surface area contributed by atoms with E-state index >= 15 is 0 Å². The highest BCUT2D eigenvalue weighted by Gasteiger charge is 2.30. The van der Waals surface area contributed by atoms with Crippen molar-refractivity contribution in [2.24, 2.45) is 11.1 Å². The topological polar surface area (TPSA) is 81.8 Å². The molecule has 0 amide bonds. The fourth-order valence-corrected chi connectivity index (χ4v) is 1.90. The van der Waals surface area contributed by atoms with Crippen LogP contribution in [0, 0.1) is 5.41 Å². The van der Waals surface area contributed by atoms with Crippen LogP contribution in [0.15, 0.2) is 18.2 Å². The molecule has 1 aliphatic rings. The van der Waals surface area contributed by atoms with Crippen molar-refractivity contribution < 1.29 is 19.4 Å². The molecule has 0 fully saturated rings. The Balaban J connectivity index is 2.14. The maximum Gasteiger partial charge on any atom is 0.309 e. The van der Waals surface area contributed by atoms with E-state index in [4.69, 9.17) is 20.3 Å². The van der Waals surface area contributed by atoms with Gasteiger partial charge in [-0.2, -0.15) is 0 Å². The summed E-state index contributed by atoms with van der Waals surface area (Å²) in [5.74, 6) is 0.512. The van der Waals surface area contributed by atoms with E-state index in [1.807, 2.05) is 12.1 Å². The van der Waals surface area contributed by atoms with Gasteiger partial charge in [0.25, 0.3) is 0 Å². The molecule has 0 aromatic heterocycles. The van der Waals surface area contributed by atoms with E-state index in [-0.39, 0.29) is 12.8 Å². The van der Waals surface area contributed by atoms with Crippen molar-refractivity contribution in [2.45, 2.75) is 26.3 Å². The first-order valence-electron chi connectivity index (χ1n) is 5.79. The second-order valence-electron chi connectivity index (χ2n) is 5.11. The summed E-state index contributed by atoms with van der Waals surface area (Å²) in [4.78, 5) is 11.1. The van der Waals surface area contributed by atoms with Crippen LogP contribution in [0.25, 0.3) is 0 Å². The zero-order valence-corrected chi connectivity index (χ0v) is 10.5. The van der Waals surface area contributed by atoms with Gasteiger partial charge in [0, 0.05) is 6.04 Å². The van der Waals surface area contributed by atoms with Gasteiger partial charge in [-0.25, -0.2) is 0 Å². The molecule has 2 rings (SSSR count). The number of hydrogen-bond donors (Lipinski definition) is 2. The van der Waals surface area contributed by atoms with Gasteiger partial charge in [-0.15, -0.1) is 0 Å². The Morgan fingerprint density at radius 3 is 2.78 bits per heavy atom. The Morgan fingerprint density at radius 2 is 2.11 bits per heavy atom. The van der Waals surface area contributed by atoms with E-state index < -0.39 is 11.4 Å². The standard InChI is InChI=1S/C13H17NO4/c1-13(2,12(15)16)6-9(14)8-3-4-10-11(5-8)18-7-17-10/h3-5,9H,6-7,14H2,1-2H3,(H,15,16). The summed E-state index contributed by atoms with van der Waals surface area (Å²) >= 11 is 0. The lowest BCUT2D eigenvalue weighted by Crippen LogP contribution is -2.28. The van der Waals surface area contributed by atoms with Gasteiger partial charge in [0.2, 0.25) is 6.79 Å². The Kier molecular flexibility index (Phi) is 3.17. The minimum Gasteiger partial charge on any atom is -0.481 e. The van der Waals surface area contributed by atoms with E-state index in [0.717, 1.165) is 5.56 Å². The van der Waals surface area contributed by atoms with Crippen LogP contribution in [-0.2, 0) is 4.79 Å². The molecular formula is C13H17NO4. The molecule has 0 bridgehead atoms. The van der Waals surface area contributed by atoms with Crippen molar-refractivity contribution in [1.29, 1.82) is 0 Å². The Morgan fingerprint density at radius 1 is 1.44 bits per heavy atom. The average Bonchev–Trinajstić information content (AvgIpc) is 2.74. The van der Waals surface area contributed by atoms with Crippen LogP contribution in [0.4, 0.5) is 0 Å². The first-order valence-corrected chi connectivity index (χ1v) is 5.79. The highest BCUT2D eigenvalue weighted by Crippen LogP contribution is 2.36. The molecule has 5 nitrogen and oxygen atoms in total. The van der Waals surface area contributed by atoms with E-state index in [9.17, 15) is 4.79 Å². The summed E-state index contributed by atoms with van der Waals surface area (Å²) in [6.07, 6.45) is 0.363. The second kappa shape index (κ2) is 4.49. The third-order valence-corrected chi connectivity index (χ3v) is 3.13. The second-order valence-corrected chi connectivity index (χ2v) is 5.11. The summed E-state index contributed by atoms with van der Waals surface area (Å²) in [7, 11) is 0. The van der Waals surface area contributed by atoms with Crippen LogP contribution >= 0.6 is 0 Å². The Hall–Kier alpha value is -1.75. The maximum absolute atomic E-state index is 11.1. The smallest absolute Gasteiger partial charge is 0.309 e. The fourth-order valence-electron chi connectivity index (χ4n) is 1.90. The first-order chi connectivity index (χ1) is 8.40. The number of carboxylic acids is 1. The highest BCUT2D eigenvalue weighted by atomic mass is 16.7. The van der Waals surface area contributed by atoms with Crippen molar-refractivity contribution in [3.05, 3.63) is 23.8 Å². The Bertz CT molecular complexity index is 470. The molecule has 18 heavy (non-hydrogen) atoms. The van der Waals surface area contributed by atoms with Gasteiger partial charge in [-0.1, -0.05) is 6.07 Å². The largest absolute Gasteiger partial charge is 0.481 e. The third kappa shape index (κ3) is 2.41. The van der Waals surface area contributed by atoms with Crippen molar-refractivity contribution in [3.63, 3.8) is 0 Å². The van der Waals surface area contributed by atoms with E-state index in [0.29, 0.717) is 17.9 Å². The van der Waals surface area contributed by atoms with Crippen molar-refractivity contribution in [1.82, 2.24) is 0 Å². The molecule has 0 spiro atoms. The lowest BCUT2D eigenvalue weighted by atomic mass is 9.84. The summed E-state index contributed by atoms with van der Waals surface area (Å²) in [5, 5.41) is 9.09. The van der Waals surface area contributed by atoms with Crippen LogP contribution in [0.1, 0.15) is 31.9 Å². The molecule has 1 aliphatic heterocycles. The van der Waals surface area contributed by atoms with E-state index in [1.54, 1.807) is 19.9 Å². The molecule has 1 atom stereocenters. The van der Waals surface area contributed by atoms with Crippen LogP contribution < -0.4 is 15.2 Å². The van der Waals surface area contributed by atoms with Gasteiger partial charge in [-0.3, -0.25) is 4.79 Å². The first kappa shape index (κ1) is 12.7. The van der Waals surface area contributed by atoms with Gasteiger partial charge in [-0.05, 0) is 38.0 Å². The van der Waals surface area contributed by atoms with Gasteiger partial charge < -0.3 is 20.3 Å².